The highest BCUT2D eigenvalue weighted by Gasteiger charge is 2.34. The number of nitrogens with zero attached hydrogens (tertiary/aromatic N) is 1. The lowest BCUT2D eigenvalue weighted by molar-refractivity contribution is -0.114. The van der Waals surface area contributed by atoms with Gasteiger partial charge in [-0.05, 0) is 20.4 Å². The number of carbonyl (C=O) groups is 1. The topological polar surface area (TPSA) is 37.4 Å². The Morgan fingerprint density at radius 1 is 1.42 bits per heavy atom. The lowest BCUT2D eigenvalue weighted by Crippen LogP contribution is -2.17. The van der Waals surface area contributed by atoms with Crippen LogP contribution in [0.5, 0.6) is 0 Å². The average molecular weight is 209 g/mol. The van der Waals surface area contributed by atoms with Gasteiger partial charge in [0.05, 0.1) is 0 Å². The van der Waals surface area contributed by atoms with Gasteiger partial charge in [0.15, 0.2) is 0 Å². The molecule has 0 bridgehead atoms. The van der Waals surface area contributed by atoms with E-state index in [2.05, 4.69) is 0 Å². The van der Waals surface area contributed by atoms with Crippen molar-refractivity contribution in [2.45, 2.75) is 13.8 Å². The van der Waals surface area contributed by atoms with Crippen LogP contribution in [0.2, 0.25) is 0 Å². The Labute approximate surface area is 78.1 Å². The SMILES string of the molecule is CSP(=O)(C(=O)C(C)C)N(C)C. The predicted octanol–water partition coefficient (Wildman–Crippen LogP) is 2.29. The smallest absolute Gasteiger partial charge is 0.266 e. The maximum Gasteiger partial charge on any atom is 0.266 e. The zero-order valence-electron chi connectivity index (χ0n) is 8.20. The predicted molar refractivity (Wildman–Crippen MR) is 54.7 cm³/mol. The molecule has 1 unspecified atom stereocenters. The summed E-state index contributed by atoms with van der Waals surface area (Å²) >= 11 is 1.15. The van der Waals surface area contributed by atoms with Gasteiger partial charge in [0, 0.05) is 5.92 Å². The lowest BCUT2D eigenvalue weighted by atomic mass is 10.3. The molecule has 0 saturated heterocycles. The monoisotopic (exact) mass is 209 g/mol. The van der Waals surface area contributed by atoms with E-state index < -0.39 is 6.49 Å². The van der Waals surface area contributed by atoms with Gasteiger partial charge in [0.1, 0.15) is 0 Å². The second-order valence-electron chi connectivity index (χ2n) is 3.04. The summed E-state index contributed by atoms with van der Waals surface area (Å²) in [4.78, 5) is 11.5. The van der Waals surface area contributed by atoms with Crippen LogP contribution in [0, 0.1) is 5.92 Å². The van der Waals surface area contributed by atoms with Crippen LogP contribution in [0.15, 0.2) is 0 Å². The van der Waals surface area contributed by atoms with Gasteiger partial charge in [0.25, 0.3) is 6.49 Å². The van der Waals surface area contributed by atoms with Crippen LogP contribution in [-0.4, -0.2) is 30.5 Å². The van der Waals surface area contributed by atoms with Gasteiger partial charge in [0.2, 0.25) is 5.52 Å². The number of rotatable bonds is 4. The molecule has 0 aromatic rings. The zero-order valence-corrected chi connectivity index (χ0v) is 9.91. The number of hydrogen-bond donors (Lipinski definition) is 0. The molecule has 0 aromatic heterocycles. The Kier molecular flexibility index (Phi) is 4.53. The van der Waals surface area contributed by atoms with Crippen LogP contribution >= 0.6 is 17.9 Å². The molecule has 0 aliphatic heterocycles. The molecule has 0 saturated carbocycles. The van der Waals surface area contributed by atoms with Crippen LogP contribution in [0.1, 0.15) is 13.8 Å². The van der Waals surface area contributed by atoms with Crippen LogP contribution in [0.3, 0.4) is 0 Å². The number of hydrogen-bond acceptors (Lipinski definition) is 3. The standard InChI is InChI=1S/C7H16NO2PS/c1-6(2)7(9)11(10,12-5)8(3)4/h6H,1-5H3. The summed E-state index contributed by atoms with van der Waals surface area (Å²) in [6.45, 7) is 0.737. The molecule has 72 valence electrons. The van der Waals surface area contributed by atoms with E-state index in [-0.39, 0.29) is 11.4 Å². The molecule has 0 N–H and O–H groups in total. The lowest BCUT2D eigenvalue weighted by Gasteiger charge is -2.22. The fraction of sp³-hybridized carbons (Fsp3) is 0.857. The largest absolute Gasteiger partial charge is 0.288 e. The number of carbonyl (C=O) groups excluding carboxylic acids is 1. The molecule has 12 heavy (non-hydrogen) atoms. The van der Waals surface area contributed by atoms with Gasteiger partial charge >= 0.3 is 0 Å². The van der Waals surface area contributed by atoms with E-state index in [1.807, 2.05) is 0 Å². The summed E-state index contributed by atoms with van der Waals surface area (Å²) in [5.74, 6) is -0.161. The highest BCUT2D eigenvalue weighted by Crippen LogP contribution is 2.60. The molecule has 3 nitrogen and oxygen atoms in total. The zero-order chi connectivity index (χ0) is 9.94. The second-order valence-corrected chi connectivity index (χ2v) is 8.27. The van der Waals surface area contributed by atoms with Crippen molar-refractivity contribution in [1.29, 1.82) is 0 Å². The first-order chi connectivity index (χ1) is 5.36. The first kappa shape index (κ1) is 12.2. The maximum absolute atomic E-state index is 12.0. The first-order valence-electron chi connectivity index (χ1n) is 3.74. The highest BCUT2D eigenvalue weighted by atomic mass is 32.7. The molecule has 0 spiro atoms. The molecule has 0 heterocycles. The summed E-state index contributed by atoms with van der Waals surface area (Å²) < 4.78 is 13.5. The van der Waals surface area contributed by atoms with Crippen molar-refractivity contribution >= 4 is 23.4 Å². The third-order valence-electron chi connectivity index (χ3n) is 1.55. The van der Waals surface area contributed by atoms with E-state index in [0.717, 1.165) is 11.4 Å². The minimum absolute atomic E-state index is 0.153. The van der Waals surface area contributed by atoms with Crippen molar-refractivity contribution < 1.29 is 9.36 Å². The van der Waals surface area contributed by atoms with Gasteiger partial charge < -0.3 is 0 Å². The summed E-state index contributed by atoms with van der Waals surface area (Å²) in [5.41, 5.74) is -0.153. The summed E-state index contributed by atoms with van der Waals surface area (Å²) in [5, 5.41) is 0. The minimum Gasteiger partial charge on any atom is -0.288 e. The van der Waals surface area contributed by atoms with Crippen LogP contribution in [-0.2, 0) is 9.36 Å². The van der Waals surface area contributed by atoms with Crippen molar-refractivity contribution in [3.63, 3.8) is 0 Å². The fourth-order valence-electron chi connectivity index (χ4n) is 0.777. The molecule has 1 atom stereocenters. The van der Waals surface area contributed by atoms with Crippen molar-refractivity contribution in [3.8, 4) is 0 Å². The Morgan fingerprint density at radius 2 is 1.83 bits per heavy atom. The van der Waals surface area contributed by atoms with Crippen molar-refractivity contribution in [2.75, 3.05) is 20.4 Å². The van der Waals surface area contributed by atoms with E-state index in [1.165, 1.54) is 4.67 Å². The maximum atomic E-state index is 12.0. The van der Waals surface area contributed by atoms with Gasteiger partial charge in [-0.2, -0.15) is 0 Å². The Hall–Kier alpha value is 0.210. The molecule has 0 aliphatic rings. The van der Waals surface area contributed by atoms with Gasteiger partial charge in [-0.3, -0.25) is 9.36 Å². The molecule has 0 aliphatic carbocycles. The summed E-state index contributed by atoms with van der Waals surface area (Å²) in [7, 11) is 3.36. The quantitative estimate of drug-likeness (QED) is 0.666. The fourth-order valence-corrected chi connectivity index (χ4v) is 4.48. The molecule has 0 aromatic carbocycles. The molecule has 5 heteroatoms. The molecular weight excluding hydrogens is 193 g/mol. The Morgan fingerprint density at radius 3 is 1.92 bits per heavy atom. The van der Waals surface area contributed by atoms with Gasteiger partial charge in [-0.15, -0.1) is 0 Å². The normalized spacial score (nSPS) is 16.6. The van der Waals surface area contributed by atoms with E-state index in [4.69, 9.17) is 0 Å². The average Bonchev–Trinajstić information content (AvgIpc) is 2.01. The second kappa shape index (κ2) is 4.45. The van der Waals surface area contributed by atoms with E-state index >= 15 is 0 Å². The molecule has 0 rings (SSSR count). The van der Waals surface area contributed by atoms with Gasteiger partial charge in [-0.25, -0.2) is 4.67 Å². The molecule has 0 fully saturated rings. The van der Waals surface area contributed by atoms with Crippen molar-refractivity contribution in [1.82, 2.24) is 4.67 Å². The first-order valence-corrected chi connectivity index (χ1v) is 7.23. The van der Waals surface area contributed by atoms with Crippen LogP contribution < -0.4 is 0 Å². The van der Waals surface area contributed by atoms with Gasteiger partial charge in [-0.1, -0.05) is 25.2 Å². The Balaban J connectivity index is 4.78. The van der Waals surface area contributed by atoms with Crippen LogP contribution in [0.4, 0.5) is 0 Å². The van der Waals surface area contributed by atoms with Crippen molar-refractivity contribution in [2.24, 2.45) is 5.92 Å². The molecule has 0 amide bonds. The summed E-state index contributed by atoms with van der Waals surface area (Å²) in [6, 6.07) is 0. The molecular formula is C7H16NO2PS. The van der Waals surface area contributed by atoms with E-state index in [1.54, 1.807) is 34.2 Å². The third-order valence-corrected chi connectivity index (χ3v) is 7.17. The molecule has 0 radical (unpaired) electrons. The highest BCUT2D eigenvalue weighted by molar-refractivity contribution is 8.61. The Bertz CT molecular complexity index is 215. The summed E-state index contributed by atoms with van der Waals surface area (Å²) in [6.07, 6.45) is 1.71. The van der Waals surface area contributed by atoms with Crippen LogP contribution in [0.25, 0.3) is 0 Å². The minimum atomic E-state index is -2.81. The van der Waals surface area contributed by atoms with E-state index in [0.29, 0.717) is 0 Å². The van der Waals surface area contributed by atoms with Crippen molar-refractivity contribution in [3.05, 3.63) is 0 Å². The third kappa shape index (κ3) is 2.35. The van der Waals surface area contributed by atoms with E-state index in [9.17, 15) is 9.36 Å².